The van der Waals surface area contributed by atoms with Gasteiger partial charge in [0.25, 0.3) is 7.82 Å². The molecule has 0 spiro atoms. The van der Waals surface area contributed by atoms with Crippen LogP contribution in [0.15, 0.2) is 0 Å². The minimum Gasteiger partial charge on any atom is -0.756 e. The van der Waals surface area contributed by atoms with Crippen molar-refractivity contribution < 1.29 is 96.9 Å². The Hall–Kier alpha value is -1.57. The third-order valence-corrected chi connectivity index (χ3v) is 1.32. The molecule has 0 bridgehead atoms. The maximum atomic E-state index is 9.31. The van der Waals surface area contributed by atoms with E-state index >= 15 is 0 Å². The molecular weight excluding hydrogens is 532 g/mol. The van der Waals surface area contributed by atoms with Gasteiger partial charge in [-0.05, 0) is 46.4 Å². The van der Waals surface area contributed by atoms with Crippen LogP contribution in [-0.2, 0) is 42.9 Å². The fourth-order valence-corrected chi connectivity index (χ4v) is 0. The van der Waals surface area contributed by atoms with E-state index in [4.69, 9.17) is 39.7 Å². The molecule has 0 aliphatic heterocycles. The largest absolute Gasteiger partial charge is 1.00 e. The molecule has 0 aliphatic carbocycles. The fourth-order valence-electron chi connectivity index (χ4n) is 0. The number of carboxylic acids is 4. The Balaban J connectivity index is -0.0000000596. The second-order valence-corrected chi connectivity index (χ2v) is 5.16. The summed E-state index contributed by atoms with van der Waals surface area (Å²) in [5.74, 6) is -6.46. The van der Waals surface area contributed by atoms with Gasteiger partial charge in [0.2, 0.25) is 0 Å². The average molecular weight is 538 g/mol. The van der Waals surface area contributed by atoms with Gasteiger partial charge in [-0.3, -0.25) is 23.7 Å². The van der Waals surface area contributed by atoms with Crippen LogP contribution in [0.25, 0.3) is 0 Å². The molecule has 168 valence electrons. The van der Waals surface area contributed by atoms with Crippen molar-refractivity contribution >= 4 is 99.1 Å². The Morgan fingerprint density at radius 2 is 0.567 bits per heavy atom. The fraction of sp³-hybridized carbons (Fsp3) is 0. The second-order valence-electron chi connectivity index (χ2n) is 2.81. The number of phosphoric acid groups is 1. The molecule has 0 aromatic carbocycles. The van der Waals surface area contributed by atoms with Gasteiger partial charge in [-0.1, -0.05) is 0 Å². The quantitative estimate of drug-likeness (QED) is 0.0844. The number of carbonyl (C=O) groups excluding carboxylic acids is 4. The van der Waals surface area contributed by atoms with E-state index in [1.54, 1.807) is 0 Å². The van der Waals surface area contributed by atoms with Crippen LogP contribution in [0.3, 0.4) is 0 Å². The van der Waals surface area contributed by atoms with Crippen molar-refractivity contribution in [3.63, 3.8) is 0 Å². The first-order valence-electron chi connectivity index (χ1n) is 5.05. The van der Waals surface area contributed by atoms with Crippen LogP contribution in [0, 0.1) is 0 Å². The van der Waals surface area contributed by atoms with E-state index in [9.17, 15) is 38.4 Å². The number of carbonyl (C=O) groups is 8. The third kappa shape index (κ3) is 82.1. The number of rotatable bonds is 4. The molecule has 0 aromatic heterocycles. The van der Waals surface area contributed by atoms with Crippen molar-refractivity contribution in [1.29, 1.82) is 0 Å². The number of hydrogen-bond acceptors (Lipinski definition) is 10. The first kappa shape index (κ1) is 42.5. The smallest absolute Gasteiger partial charge is 0.756 e. The molecule has 0 amide bonds. The Labute approximate surface area is 195 Å². The van der Waals surface area contributed by atoms with E-state index in [1.807, 2.05) is 0 Å². The van der Waals surface area contributed by atoms with Gasteiger partial charge in [0.05, 0.1) is 0 Å². The second kappa shape index (κ2) is 23.7. The van der Waals surface area contributed by atoms with E-state index in [-0.39, 0.29) is 18.9 Å². The van der Waals surface area contributed by atoms with Crippen LogP contribution >= 0.6 is 54.2 Å². The molecular formula is C8H6Cl4LiO16P. The van der Waals surface area contributed by atoms with Crippen molar-refractivity contribution in [3.8, 4) is 0 Å². The Bertz CT molecular complexity index is 534. The summed E-state index contributed by atoms with van der Waals surface area (Å²) in [6.07, 6.45) is 0. The number of aliphatic carboxylic acids is 4. The monoisotopic (exact) mass is 536 g/mol. The van der Waals surface area contributed by atoms with Crippen molar-refractivity contribution in [1.82, 2.24) is 0 Å². The van der Waals surface area contributed by atoms with Gasteiger partial charge in [0.1, 0.15) is 0 Å². The molecule has 0 fully saturated rings. The summed E-state index contributed by atoms with van der Waals surface area (Å²) in [4.78, 5) is 97.0. The zero-order chi connectivity index (χ0) is 25.1. The zero-order valence-corrected chi connectivity index (χ0v) is 17.6. The summed E-state index contributed by atoms with van der Waals surface area (Å²) < 4.78 is 8.77. The Kier molecular flexibility index (Phi) is 33.6. The minimum absolute atomic E-state index is 0. The number of carboxylic acid groups (broad SMARTS) is 4. The van der Waals surface area contributed by atoms with Gasteiger partial charge in [0, 0.05) is 0 Å². The molecule has 0 atom stereocenters. The molecule has 0 unspecified atom stereocenters. The minimum atomic E-state index is -4.89. The van der Waals surface area contributed by atoms with E-state index in [0.29, 0.717) is 0 Å². The van der Waals surface area contributed by atoms with Crippen LogP contribution in [0.1, 0.15) is 0 Å². The van der Waals surface area contributed by atoms with E-state index < -0.39 is 52.7 Å². The van der Waals surface area contributed by atoms with Crippen molar-refractivity contribution in [2.24, 2.45) is 0 Å². The summed E-state index contributed by atoms with van der Waals surface area (Å²) in [5.41, 5.74) is 0. The molecule has 0 heterocycles. The van der Waals surface area contributed by atoms with Crippen molar-refractivity contribution in [2.75, 3.05) is 0 Å². The van der Waals surface area contributed by atoms with Crippen LogP contribution < -0.4 is 23.8 Å². The molecule has 30 heavy (non-hydrogen) atoms. The molecule has 0 saturated heterocycles. The molecule has 0 radical (unpaired) electrons. The number of halogens is 4. The van der Waals surface area contributed by atoms with E-state index in [1.165, 1.54) is 0 Å². The van der Waals surface area contributed by atoms with Gasteiger partial charge in [-0.2, -0.15) is 0 Å². The topological polar surface area (TPSA) is 298 Å². The Morgan fingerprint density at radius 1 is 0.533 bits per heavy atom. The molecule has 0 aromatic rings. The van der Waals surface area contributed by atoms with Gasteiger partial charge in [-0.15, -0.1) is 0 Å². The first-order valence-corrected chi connectivity index (χ1v) is 8.09. The molecule has 0 rings (SSSR count). The van der Waals surface area contributed by atoms with Gasteiger partial charge in [-0.25, -0.2) is 19.2 Å². The average Bonchev–Trinajstić information content (AvgIpc) is 2.46. The van der Waals surface area contributed by atoms with Crippen molar-refractivity contribution in [3.05, 3.63) is 0 Å². The normalized spacial score (nSPS) is 7.97. The molecule has 0 saturated carbocycles. The van der Waals surface area contributed by atoms with Gasteiger partial charge < -0.3 is 35.1 Å². The molecule has 6 N–H and O–H groups in total. The summed E-state index contributed by atoms with van der Waals surface area (Å²) in [6.45, 7) is 0. The standard InChI is InChI=1S/4C2HClO3.Li.H3O4P/c4*3-1(4)2(5)6;;1-5(2,3)4/h4*(H,5,6);;(H3,1,2,3,4)/q;;;;+1;/p-1. The van der Waals surface area contributed by atoms with Crippen LogP contribution in [0.5, 0.6) is 0 Å². The summed E-state index contributed by atoms with van der Waals surface area (Å²) in [5, 5.41) is 24.6. The van der Waals surface area contributed by atoms with Crippen molar-refractivity contribution in [2.45, 2.75) is 0 Å². The van der Waals surface area contributed by atoms with Gasteiger partial charge >= 0.3 is 63.7 Å². The first-order chi connectivity index (χ1) is 12.6. The summed E-state index contributed by atoms with van der Waals surface area (Å²) in [6, 6.07) is 0. The third-order valence-electron chi connectivity index (χ3n) is 0.673. The maximum absolute atomic E-state index is 9.31. The van der Waals surface area contributed by atoms with E-state index in [0.717, 1.165) is 0 Å². The predicted molar refractivity (Wildman–Crippen MR) is 86.0 cm³/mol. The zero-order valence-electron chi connectivity index (χ0n) is 13.7. The maximum Gasteiger partial charge on any atom is 1.00 e. The van der Waals surface area contributed by atoms with Crippen LogP contribution in [-0.4, -0.2) is 75.1 Å². The number of hydrogen-bond donors (Lipinski definition) is 6. The van der Waals surface area contributed by atoms with E-state index in [2.05, 4.69) is 46.4 Å². The summed E-state index contributed by atoms with van der Waals surface area (Å²) >= 11 is 17.5. The molecule has 16 nitrogen and oxygen atoms in total. The molecule has 22 heteroatoms. The predicted octanol–water partition coefficient (Wildman–Crippen LogP) is -5.21. The molecule has 0 aliphatic rings. The Morgan fingerprint density at radius 3 is 0.567 bits per heavy atom. The summed E-state index contributed by atoms with van der Waals surface area (Å²) in [7, 11) is -4.89. The van der Waals surface area contributed by atoms with Gasteiger partial charge in [0.15, 0.2) is 0 Å². The van der Waals surface area contributed by atoms with Crippen LogP contribution in [0.2, 0.25) is 0 Å². The SMILES string of the molecule is O=C(O)C(=O)Cl.O=C(O)C(=O)Cl.O=C(O)C(=O)Cl.O=C(O)C(=O)Cl.O=P([O-])(O)O.[Li+]. The van der Waals surface area contributed by atoms with Crippen LogP contribution in [0.4, 0.5) is 0 Å².